The van der Waals surface area contributed by atoms with Crippen molar-refractivity contribution < 1.29 is 4.79 Å². The average molecular weight is 269 g/mol. The second-order valence-electron chi connectivity index (χ2n) is 5.55. The van der Waals surface area contributed by atoms with Crippen molar-refractivity contribution in [3.8, 4) is 0 Å². The van der Waals surface area contributed by atoms with E-state index in [0.717, 1.165) is 18.7 Å². The molecule has 0 aliphatic heterocycles. The van der Waals surface area contributed by atoms with Gasteiger partial charge in [-0.3, -0.25) is 4.79 Å². The predicted octanol–water partition coefficient (Wildman–Crippen LogP) is 3.30. The van der Waals surface area contributed by atoms with Gasteiger partial charge in [0.15, 0.2) is 0 Å². The molecule has 0 spiro atoms. The molecule has 0 saturated carbocycles. The lowest BCUT2D eigenvalue weighted by Crippen LogP contribution is -2.30. The molecule has 0 bridgehead atoms. The number of anilines is 1. The lowest BCUT2D eigenvalue weighted by atomic mass is 9.92. The average Bonchev–Trinajstić information content (AvgIpc) is 2.23. The van der Waals surface area contributed by atoms with Gasteiger partial charge >= 0.3 is 0 Å². The molecule has 2 N–H and O–H groups in total. The molecule has 1 aromatic rings. The van der Waals surface area contributed by atoms with E-state index < -0.39 is 0 Å². The fourth-order valence-electron chi connectivity index (χ4n) is 1.44. The summed E-state index contributed by atoms with van der Waals surface area (Å²) in [5.41, 5.74) is 1.02. The summed E-state index contributed by atoms with van der Waals surface area (Å²) in [6.07, 6.45) is 1.04. The van der Waals surface area contributed by atoms with Crippen molar-refractivity contribution in [3.63, 3.8) is 0 Å². The van der Waals surface area contributed by atoms with E-state index in [-0.39, 0.29) is 11.3 Å². The van der Waals surface area contributed by atoms with Crippen LogP contribution in [-0.2, 0) is 4.79 Å². The van der Waals surface area contributed by atoms with E-state index >= 15 is 0 Å². The number of hydrogen-bond acceptors (Lipinski definition) is 2. The van der Waals surface area contributed by atoms with E-state index in [9.17, 15) is 4.79 Å². The third-order valence-corrected chi connectivity index (χ3v) is 2.68. The van der Waals surface area contributed by atoms with Gasteiger partial charge in [-0.15, -0.1) is 0 Å². The van der Waals surface area contributed by atoms with Crippen LogP contribution in [0.3, 0.4) is 0 Å². The van der Waals surface area contributed by atoms with Crippen molar-refractivity contribution in [1.82, 2.24) is 5.32 Å². The lowest BCUT2D eigenvalue weighted by molar-refractivity contribution is -0.115. The monoisotopic (exact) mass is 268 g/mol. The summed E-state index contributed by atoms with van der Waals surface area (Å²) in [6.45, 7) is 7.71. The molecule has 100 valence electrons. The van der Waals surface area contributed by atoms with Crippen molar-refractivity contribution >= 4 is 23.2 Å². The molecule has 18 heavy (non-hydrogen) atoms. The minimum Gasteiger partial charge on any atom is -0.325 e. The molecule has 4 heteroatoms. The van der Waals surface area contributed by atoms with Crippen LogP contribution in [0, 0.1) is 5.41 Å². The number of carbonyl (C=O) groups is 1. The zero-order chi connectivity index (χ0) is 13.6. The van der Waals surface area contributed by atoms with Gasteiger partial charge < -0.3 is 10.6 Å². The Morgan fingerprint density at radius 3 is 2.67 bits per heavy atom. The van der Waals surface area contributed by atoms with Gasteiger partial charge in [0.1, 0.15) is 0 Å². The zero-order valence-corrected chi connectivity index (χ0v) is 12.0. The minimum atomic E-state index is -0.0498. The van der Waals surface area contributed by atoms with Gasteiger partial charge in [0, 0.05) is 10.7 Å². The molecular weight excluding hydrogens is 248 g/mol. The Hall–Kier alpha value is -1.06. The number of rotatable bonds is 5. The first-order chi connectivity index (χ1) is 8.37. The Kier molecular flexibility index (Phi) is 5.63. The van der Waals surface area contributed by atoms with Gasteiger partial charge in [0.05, 0.1) is 6.54 Å². The summed E-state index contributed by atoms with van der Waals surface area (Å²) in [7, 11) is 0. The summed E-state index contributed by atoms with van der Waals surface area (Å²) in [4.78, 5) is 11.6. The van der Waals surface area contributed by atoms with E-state index in [1.807, 2.05) is 12.1 Å². The summed E-state index contributed by atoms with van der Waals surface area (Å²) in [5.74, 6) is -0.0498. The van der Waals surface area contributed by atoms with E-state index in [4.69, 9.17) is 11.6 Å². The summed E-state index contributed by atoms with van der Waals surface area (Å²) < 4.78 is 0. The maximum atomic E-state index is 11.6. The van der Waals surface area contributed by atoms with Gasteiger partial charge in [-0.05, 0) is 36.6 Å². The van der Waals surface area contributed by atoms with Crippen LogP contribution in [0.1, 0.15) is 27.2 Å². The Balaban J connectivity index is 2.26. The fraction of sp³-hybridized carbons (Fsp3) is 0.500. The number of nitrogens with one attached hydrogen (secondary N) is 2. The standard InChI is InChI=1S/C14H21ClN2O/c1-14(2,3)7-8-16-10-13(18)17-12-6-4-5-11(15)9-12/h4-6,9,16H,7-8,10H2,1-3H3,(H,17,18). The smallest absolute Gasteiger partial charge is 0.238 e. The first kappa shape index (κ1) is 15.0. The largest absolute Gasteiger partial charge is 0.325 e. The molecular formula is C14H21ClN2O. The van der Waals surface area contributed by atoms with Crippen LogP contribution >= 0.6 is 11.6 Å². The molecule has 0 radical (unpaired) electrons. The van der Waals surface area contributed by atoms with Crippen LogP contribution in [-0.4, -0.2) is 19.0 Å². The Morgan fingerprint density at radius 2 is 2.06 bits per heavy atom. The SMILES string of the molecule is CC(C)(C)CCNCC(=O)Nc1cccc(Cl)c1. The number of amides is 1. The Bertz CT molecular complexity index is 399. The summed E-state index contributed by atoms with van der Waals surface area (Å²) in [5, 5.41) is 6.55. The van der Waals surface area contributed by atoms with Crippen molar-refractivity contribution in [3.05, 3.63) is 29.3 Å². The molecule has 0 saturated heterocycles. The highest BCUT2D eigenvalue weighted by Crippen LogP contribution is 2.17. The molecule has 0 heterocycles. The number of benzene rings is 1. The molecule has 1 rings (SSSR count). The van der Waals surface area contributed by atoms with Crippen LogP contribution in [0.25, 0.3) is 0 Å². The fourth-order valence-corrected chi connectivity index (χ4v) is 1.63. The second-order valence-corrected chi connectivity index (χ2v) is 5.98. The highest BCUT2D eigenvalue weighted by atomic mass is 35.5. The molecule has 0 unspecified atom stereocenters. The van der Waals surface area contributed by atoms with E-state index in [2.05, 4.69) is 31.4 Å². The van der Waals surface area contributed by atoms with E-state index in [0.29, 0.717) is 11.6 Å². The van der Waals surface area contributed by atoms with Gasteiger partial charge in [-0.2, -0.15) is 0 Å². The quantitative estimate of drug-likeness (QED) is 0.805. The molecule has 0 aromatic heterocycles. The van der Waals surface area contributed by atoms with Gasteiger partial charge in [-0.25, -0.2) is 0 Å². The van der Waals surface area contributed by atoms with Crippen LogP contribution in [0.2, 0.25) is 5.02 Å². The molecule has 1 aromatic carbocycles. The number of halogens is 1. The molecule has 1 amide bonds. The van der Waals surface area contributed by atoms with Crippen molar-refractivity contribution in [2.75, 3.05) is 18.4 Å². The maximum Gasteiger partial charge on any atom is 0.238 e. The first-order valence-corrected chi connectivity index (χ1v) is 6.51. The van der Waals surface area contributed by atoms with E-state index in [1.54, 1.807) is 12.1 Å². The highest BCUT2D eigenvalue weighted by molar-refractivity contribution is 6.30. The second kappa shape index (κ2) is 6.76. The highest BCUT2D eigenvalue weighted by Gasteiger charge is 2.09. The third-order valence-electron chi connectivity index (χ3n) is 2.45. The van der Waals surface area contributed by atoms with Crippen molar-refractivity contribution in [1.29, 1.82) is 0 Å². The van der Waals surface area contributed by atoms with Gasteiger partial charge in [0.25, 0.3) is 0 Å². The lowest BCUT2D eigenvalue weighted by Gasteiger charge is -2.17. The first-order valence-electron chi connectivity index (χ1n) is 6.13. The Morgan fingerprint density at radius 1 is 1.33 bits per heavy atom. The van der Waals surface area contributed by atoms with Crippen molar-refractivity contribution in [2.45, 2.75) is 27.2 Å². The minimum absolute atomic E-state index is 0.0498. The van der Waals surface area contributed by atoms with Crippen LogP contribution < -0.4 is 10.6 Å². The maximum absolute atomic E-state index is 11.6. The van der Waals surface area contributed by atoms with E-state index in [1.165, 1.54) is 0 Å². The number of carbonyl (C=O) groups excluding carboxylic acids is 1. The molecule has 0 fully saturated rings. The normalized spacial score (nSPS) is 11.3. The van der Waals surface area contributed by atoms with Gasteiger partial charge in [-0.1, -0.05) is 38.4 Å². The van der Waals surface area contributed by atoms with Crippen LogP contribution in [0.4, 0.5) is 5.69 Å². The predicted molar refractivity (Wildman–Crippen MR) is 77.0 cm³/mol. The topological polar surface area (TPSA) is 41.1 Å². The molecule has 0 aliphatic rings. The van der Waals surface area contributed by atoms with Gasteiger partial charge in [0.2, 0.25) is 5.91 Å². The summed E-state index contributed by atoms with van der Waals surface area (Å²) in [6, 6.07) is 7.14. The summed E-state index contributed by atoms with van der Waals surface area (Å²) >= 11 is 5.84. The zero-order valence-electron chi connectivity index (χ0n) is 11.2. The third kappa shape index (κ3) is 6.62. The Labute approximate surface area is 114 Å². The number of hydrogen-bond donors (Lipinski definition) is 2. The van der Waals surface area contributed by atoms with Crippen molar-refractivity contribution in [2.24, 2.45) is 5.41 Å². The van der Waals surface area contributed by atoms with Crippen LogP contribution in [0.5, 0.6) is 0 Å². The molecule has 0 atom stereocenters. The van der Waals surface area contributed by atoms with Crippen LogP contribution in [0.15, 0.2) is 24.3 Å². The molecule has 0 aliphatic carbocycles. The molecule has 3 nitrogen and oxygen atoms in total.